The molecule has 2 aliphatic rings. The molecule has 2 aromatic heterocycles. The number of fused-ring (bicyclic) bond motifs is 1. The number of amidine groups is 1. The van der Waals surface area contributed by atoms with Crippen molar-refractivity contribution >= 4 is 56.3 Å². The number of hydrogen-bond acceptors (Lipinski definition) is 6. The zero-order valence-corrected chi connectivity index (χ0v) is 18.7. The van der Waals surface area contributed by atoms with Crippen LogP contribution in [-0.4, -0.2) is 36.8 Å². The average molecular weight is 438 g/mol. The number of nitrogens with zero attached hydrogens (tertiary/aromatic N) is 5. The molecule has 6 nitrogen and oxygen atoms in total. The van der Waals surface area contributed by atoms with Gasteiger partial charge in [0.2, 0.25) is 5.13 Å². The SMILES string of the molecule is Cc1nnc(/N=C2/S/C(=C\c3cn(C)c4ccccc34)C(=O)N2C2CCCCC2)s1. The minimum absolute atomic E-state index is 0.0554. The molecule has 0 spiro atoms. The van der Waals surface area contributed by atoms with E-state index < -0.39 is 0 Å². The van der Waals surface area contributed by atoms with E-state index in [2.05, 4.69) is 33.1 Å². The third-order valence-corrected chi connectivity index (χ3v) is 7.41. The number of amides is 1. The summed E-state index contributed by atoms with van der Waals surface area (Å²) in [6, 6.07) is 8.48. The highest BCUT2D eigenvalue weighted by Gasteiger charge is 2.39. The number of hydrogen-bond donors (Lipinski definition) is 0. The van der Waals surface area contributed by atoms with E-state index in [-0.39, 0.29) is 11.9 Å². The molecule has 1 saturated heterocycles. The zero-order chi connectivity index (χ0) is 20.7. The second-order valence-corrected chi connectivity index (χ2v) is 9.96. The van der Waals surface area contributed by atoms with E-state index in [1.54, 1.807) is 0 Å². The number of aliphatic imine (C=N–C) groups is 1. The number of carbonyl (C=O) groups is 1. The predicted octanol–water partition coefficient (Wildman–Crippen LogP) is 5.27. The van der Waals surface area contributed by atoms with Crippen LogP contribution in [0.25, 0.3) is 17.0 Å². The van der Waals surface area contributed by atoms with Crippen LogP contribution in [0.5, 0.6) is 0 Å². The lowest BCUT2D eigenvalue weighted by Gasteiger charge is -2.30. The first kappa shape index (κ1) is 19.5. The Hall–Kier alpha value is -2.45. The quantitative estimate of drug-likeness (QED) is 0.523. The van der Waals surface area contributed by atoms with E-state index in [0.29, 0.717) is 5.13 Å². The summed E-state index contributed by atoms with van der Waals surface area (Å²) in [5.74, 6) is 0.0554. The molecule has 30 heavy (non-hydrogen) atoms. The normalized spacial score (nSPS) is 20.9. The first-order chi connectivity index (χ1) is 14.6. The first-order valence-corrected chi connectivity index (χ1v) is 11.9. The number of thioether (sulfide) groups is 1. The van der Waals surface area contributed by atoms with Crippen molar-refractivity contribution in [1.29, 1.82) is 0 Å². The van der Waals surface area contributed by atoms with Crippen molar-refractivity contribution in [3.05, 3.63) is 45.9 Å². The van der Waals surface area contributed by atoms with Gasteiger partial charge >= 0.3 is 0 Å². The van der Waals surface area contributed by atoms with Gasteiger partial charge in [0.25, 0.3) is 5.91 Å². The van der Waals surface area contributed by atoms with Crippen LogP contribution in [0.2, 0.25) is 0 Å². The van der Waals surface area contributed by atoms with Crippen LogP contribution in [0.15, 0.2) is 40.4 Å². The summed E-state index contributed by atoms with van der Waals surface area (Å²) in [5, 5.41) is 11.6. The average Bonchev–Trinajstić information content (AvgIpc) is 3.40. The van der Waals surface area contributed by atoms with Crippen molar-refractivity contribution < 1.29 is 4.79 Å². The van der Waals surface area contributed by atoms with Crippen LogP contribution < -0.4 is 0 Å². The summed E-state index contributed by atoms with van der Waals surface area (Å²) in [7, 11) is 2.03. The fourth-order valence-electron chi connectivity index (χ4n) is 4.27. The van der Waals surface area contributed by atoms with Crippen LogP contribution in [0.3, 0.4) is 0 Å². The summed E-state index contributed by atoms with van der Waals surface area (Å²) in [4.78, 5) is 20.8. The molecule has 0 N–H and O–H groups in total. The Bertz CT molecular complexity index is 1170. The van der Waals surface area contributed by atoms with Gasteiger partial charge in [-0.25, -0.2) is 0 Å². The van der Waals surface area contributed by atoms with Gasteiger partial charge in [0.15, 0.2) is 5.17 Å². The maximum absolute atomic E-state index is 13.5. The maximum atomic E-state index is 13.5. The molecular weight excluding hydrogens is 414 g/mol. The minimum Gasteiger partial charge on any atom is -0.350 e. The monoisotopic (exact) mass is 437 g/mol. The highest BCUT2D eigenvalue weighted by Crippen LogP contribution is 2.39. The summed E-state index contributed by atoms with van der Waals surface area (Å²) in [5.41, 5.74) is 2.21. The lowest BCUT2D eigenvalue weighted by molar-refractivity contribution is -0.124. The Kier molecular flexibility index (Phi) is 5.20. The van der Waals surface area contributed by atoms with Crippen molar-refractivity contribution in [2.75, 3.05) is 0 Å². The van der Waals surface area contributed by atoms with Gasteiger partial charge < -0.3 is 4.57 Å². The van der Waals surface area contributed by atoms with E-state index in [4.69, 9.17) is 4.99 Å². The molecule has 3 heterocycles. The Morgan fingerprint density at radius 1 is 1.17 bits per heavy atom. The van der Waals surface area contributed by atoms with Gasteiger partial charge in [0.1, 0.15) is 5.01 Å². The Morgan fingerprint density at radius 3 is 2.73 bits per heavy atom. The number of aryl methyl sites for hydroxylation is 2. The molecule has 1 aromatic carbocycles. The Morgan fingerprint density at radius 2 is 1.97 bits per heavy atom. The van der Waals surface area contributed by atoms with Crippen molar-refractivity contribution in [2.45, 2.75) is 45.1 Å². The molecule has 3 aromatic rings. The fourth-order valence-corrected chi connectivity index (χ4v) is 5.92. The van der Waals surface area contributed by atoms with Crippen molar-refractivity contribution in [3.63, 3.8) is 0 Å². The molecule has 0 unspecified atom stereocenters. The van der Waals surface area contributed by atoms with Gasteiger partial charge in [-0.15, -0.1) is 10.2 Å². The van der Waals surface area contributed by atoms with Crippen molar-refractivity contribution in [1.82, 2.24) is 19.7 Å². The fraction of sp³-hybridized carbons (Fsp3) is 0.364. The smallest absolute Gasteiger partial charge is 0.267 e. The van der Waals surface area contributed by atoms with Gasteiger partial charge in [0.05, 0.1) is 4.91 Å². The summed E-state index contributed by atoms with van der Waals surface area (Å²) in [6.45, 7) is 1.92. The molecule has 154 valence electrons. The highest BCUT2D eigenvalue weighted by molar-refractivity contribution is 8.18. The van der Waals surface area contributed by atoms with Crippen LogP contribution in [0, 0.1) is 6.92 Å². The van der Waals surface area contributed by atoms with Crippen LogP contribution >= 0.6 is 23.1 Å². The topological polar surface area (TPSA) is 63.4 Å². The molecule has 1 aliphatic heterocycles. The van der Waals surface area contributed by atoms with E-state index in [9.17, 15) is 4.79 Å². The summed E-state index contributed by atoms with van der Waals surface area (Å²) < 4.78 is 2.10. The number of aromatic nitrogens is 3. The molecule has 8 heteroatoms. The van der Waals surface area contributed by atoms with Crippen molar-refractivity contribution in [2.24, 2.45) is 12.0 Å². The Balaban J connectivity index is 1.55. The Labute approximate surface area is 183 Å². The number of rotatable bonds is 3. The van der Waals surface area contributed by atoms with E-state index in [0.717, 1.165) is 57.2 Å². The number of para-hydroxylation sites is 1. The van der Waals surface area contributed by atoms with Crippen molar-refractivity contribution in [3.8, 4) is 0 Å². The largest absolute Gasteiger partial charge is 0.350 e. The van der Waals surface area contributed by atoms with E-state index in [1.807, 2.05) is 37.1 Å². The molecule has 0 atom stereocenters. The predicted molar refractivity (Wildman–Crippen MR) is 124 cm³/mol. The lowest BCUT2D eigenvalue weighted by atomic mass is 9.94. The van der Waals surface area contributed by atoms with Crippen LogP contribution in [0.4, 0.5) is 5.13 Å². The maximum Gasteiger partial charge on any atom is 0.267 e. The van der Waals surface area contributed by atoms with Gasteiger partial charge in [-0.3, -0.25) is 9.69 Å². The van der Waals surface area contributed by atoms with Gasteiger partial charge in [-0.1, -0.05) is 48.8 Å². The molecule has 1 saturated carbocycles. The van der Waals surface area contributed by atoms with Crippen LogP contribution in [0.1, 0.15) is 42.7 Å². The molecular formula is C22H23N5OS2. The van der Waals surface area contributed by atoms with Gasteiger partial charge in [-0.05, 0) is 43.7 Å². The standard InChI is InChI=1S/C22H23N5OS2/c1-14-24-25-21(29-14)23-22-27(16-8-4-3-5-9-16)20(28)19(30-22)12-15-13-26(2)18-11-7-6-10-17(15)18/h6-7,10-13,16H,3-5,8-9H2,1-2H3/b19-12-,23-22+. The molecule has 1 amide bonds. The zero-order valence-electron chi connectivity index (χ0n) is 17.0. The number of benzene rings is 1. The molecule has 2 fully saturated rings. The van der Waals surface area contributed by atoms with Crippen LogP contribution in [-0.2, 0) is 11.8 Å². The highest BCUT2D eigenvalue weighted by atomic mass is 32.2. The molecule has 0 bridgehead atoms. The summed E-state index contributed by atoms with van der Waals surface area (Å²) in [6.07, 6.45) is 9.72. The molecule has 5 rings (SSSR count). The number of carbonyl (C=O) groups excluding carboxylic acids is 1. The lowest BCUT2D eigenvalue weighted by Crippen LogP contribution is -2.40. The van der Waals surface area contributed by atoms with Gasteiger partial charge in [0, 0.05) is 35.8 Å². The van der Waals surface area contributed by atoms with E-state index in [1.165, 1.54) is 29.5 Å². The third kappa shape index (κ3) is 3.58. The minimum atomic E-state index is 0.0554. The second kappa shape index (κ2) is 8.00. The summed E-state index contributed by atoms with van der Waals surface area (Å²) >= 11 is 2.91. The molecule has 0 radical (unpaired) electrons. The molecule has 1 aliphatic carbocycles. The van der Waals surface area contributed by atoms with E-state index >= 15 is 0 Å². The first-order valence-electron chi connectivity index (χ1n) is 10.3. The van der Waals surface area contributed by atoms with Gasteiger partial charge in [-0.2, -0.15) is 4.99 Å². The second-order valence-electron chi connectivity index (χ2n) is 7.79. The third-order valence-electron chi connectivity index (χ3n) is 5.70.